The van der Waals surface area contributed by atoms with Crippen molar-refractivity contribution in [3.05, 3.63) is 76.0 Å². The molecule has 1 aliphatic heterocycles. The Labute approximate surface area is 192 Å². The number of hydrogen-bond donors (Lipinski definition) is 1. The third-order valence-electron chi connectivity index (χ3n) is 6.04. The Balaban J connectivity index is 1.78. The molecule has 1 atom stereocenters. The highest BCUT2D eigenvalue weighted by Crippen LogP contribution is 2.29. The highest BCUT2D eigenvalue weighted by atomic mass is 16.6. The van der Waals surface area contributed by atoms with Crippen LogP contribution in [0.15, 0.2) is 54.6 Å². The van der Waals surface area contributed by atoms with Crippen LogP contribution in [0.5, 0.6) is 0 Å². The molecule has 1 aromatic heterocycles. The number of carbonyl (C=O) groups excluding carboxylic acids is 1. The van der Waals surface area contributed by atoms with Crippen molar-refractivity contribution >= 4 is 11.6 Å². The molecule has 0 saturated carbocycles. The standard InChI is InChI=1S/C25H27N5O3/c1-3-18-9-8-14-29(16-18)28-25(31)22-17(2)26-24(19-10-5-4-6-11-19)27-23(22)20-12-7-13-21(15-20)30(32)33/h4-7,10-13,15,18H,3,8-9,14,16H2,1-2H3,(H,28,31). The van der Waals surface area contributed by atoms with Gasteiger partial charge in [-0.2, -0.15) is 0 Å². The summed E-state index contributed by atoms with van der Waals surface area (Å²) in [6.07, 6.45) is 3.26. The summed E-state index contributed by atoms with van der Waals surface area (Å²) in [5.41, 5.74) is 5.51. The highest BCUT2D eigenvalue weighted by Gasteiger charge is 2.25. The van der Waals surface area contributed by atoms with Crippen LogP contribution in [0.3, 0.4) is 0 Å². The number of piperidine rings is 1. The zero-order chi connectivity index (χ0) is 23.4. The van der Waals surface area contributed by atoms with E-state index in [0.29, 0.717) is 34.3 Å². The summed E-state index contributed by atoms with van der Waals surface area (Å²) in [4.78, 5) is 33.7. The summed E-state index contributed by atoms with van der Waals surface area (Å²) in [5, 5.41) is 13.3. The smallest absolute Gasteiger partial charge is 0.270 e. The summed E-state index contributed by atoms with van der Waals surface area (Å²) >= 11 is 0. The van der Waals surface area contributed by atoms with E-state index >= 15 is 0 Å². The number of nitrogens with one attached hydrogen (secondary N) is 1. The van der Waals surface area contributed by atoms with Gasteiger partial charge in [0.2, 0.25) is 0 Å². The zero-order valence-corrected chi connectivity index (χ0v) is 18.8. The van der Waals surface area contributed by atoms with Crippen LogP contribution in [0.2, 0.25) is 0 Å². The largest absolute Gasteiger partial charge is 0.285 e. The van der Waals surface area contributed by atoms with Crippen molar-refractivity contribution in [3.8, 4) is 22.6 Å². The lowest BCUT2D eigenvalue weighted by Crippen LogP contribution is -2.48. The molecule has 8 heteroatoms. The Morgan fingerprint density at radius 2 is 1.91 bits per heavy atom. The molecule has 0 aliphatic carbocycles. The van der Waals surface area contributed by atoms with Crippen molar-refractivity contribution < 1.29 is 9.72 Å². The molecule has 1 saturated heterocycles. The van der Waals surface area contributed by atoms with Gasteiger partial charge in [-0.05, 0) is 25.7 Å². The number of hydrazine groups is 1. The van der Waals surface area contributed by atoms with Crippen molar-refractivity contribution in [2.75, 3.05) is 13.1 Å². The van der Waals surface area contributed by atoms with Gasteiger partial charge in [0.25, 0.3) is 11.6 Å². The lowest BCUT2D eigenvalue weighted by Gasteiger charge is -2.32. The molecule has 1 N–H and O–H groups in total. The molecule has 33 heavy (non-hydrogen) atoms. The second kappa shape index (κ2) is 9.87. The molecule has 1 aliphatic rings. The van der Waals surface area contributed by atoms with E-state index < -0.39 is 4.92 Å². The molecular weight excluding hydrogens is 418 g/mol. The molecule has 0 spiro atoms. The van der Waals surface area contributed by atoms with Crippen molar-refractivity contribution in [1.29, 1.82) is 0 Å². The van der Waals surface area contributed by atoms with Gasteiger partial charge < -0.3 is 0 Å². The van der Waals surface area contributed by atoms with Crippen LogP contribution in [0.25, 0.3) is 22.6 Å². The first-order valence-electron chi connectivity index (χ1n) is 11.2. The predicted octanol–water partition coefficient (Wildman–Crippen LogP) is 4.79. The third kappa shape index (κ3) is 5.06. The average Bonchev–Trinajstić information content (AvgIpc) is 2.84. The SMILES string of the molecule is CCC1CCCN(NC(=O)c2c(C)nc(-c3ccccc3)nc2-c2cccc([N+](=O)[O-])c2)C1. The van der Waals surface area contributed by atoms with E-state index in [0.717, 1.165) is 37.9 Å². The topological polar surface area (TPSA) is 101 Å². The molecule has 8 nitrogen and oxygen atoms in total. The summed E-state index contributed by atoms with van der Waals surface area (Å²) < 4.78 is 0. The number of carbonyl (C=O) groups is 1. The maximum absolute atomic E-state index is 13.4. The van der Waals surface area contributed by atoms with Crippen LogP contribution < -0.4 is 5.43 Å². The van der Waals surface area contributed by atoms with E-state index in [2.05, 4.69) is 17.3 Å². The van der Waals surface area contributed by atoms with Crippen LogP contribution in [-0.2, 0) is 0 Å². The van der Waals surface area contributed by atoms with Crippen LogP contribution in [-0.4, -0.2) is 38.9 Å². The number of aromatic nitrogens is 2. The van der Waals surface area contributed by atoms with E-state index in [9.17, 15) is 14.9 Å². The predicted molar refractivity (Wildman–Crippen MR) is 126 cm³/mol. The molecule has 1 amide bonds. The van der Waals surface area contributed by atoms with Crippen LogP contribution in [0, 0.1) is 23.0 Å². The quantitative estimate of drug-likeness (QED) is 0.432. The molecule has 2 heterocycles. The fraction of sp³-hybridized carbons (Fsp3) is 0.320. The minimum atomic E-state index is -0.450. The van der Waals surface area contributed by atoms with Gasteiger partial charge in [-0.15, -0.1) is 0 Å². The number of nitro benzene ring substituents is 1. The average molecular weight is 446 g/mol. The van der Waals surface area contributed by atoms with Gasteiger partial charge in [0, 0.05) is 36.3 Å². The maximum Gasteiger partial charge on any atom is 0.270 e. The van der Waals surface area contributed by atoms with Crippen molar-refractivity contribution in [2.45, 2.75) is 33.1 Å². The number of nitro groups is 1. The molecule has 170 valence electrons. The Morgan fingerprint density at radius 1 is 1.15 bits per heavy atom. The summed E-state index contributed by atoms with van der Waals surface area (Å²) in [7, 11) is 0. The maximum atomic E-state index is 13.4. The van der Waals surface area contributed by atoms with E-state index in [4.69, 9.17) is 4.98 Å². The van der Waals surface area contributed by atoms with Gasteiger partial charge in [-0.25, -0.2) is 15.0 Å². The number of amides is 1. The Hall–Kier alpha value is -3.65. The van der Waals surface area contributed by atoms with Crippen LogP contribution in [0.1, 0.15) is 42.2 Å². The molecule has 0 bridgehead atoms. The first-order valence-corrected chi connectivity index (χ1v) is 11.2. The normalized spacial score (nSPS) is 16.4. The molecular formula is C25H27N5O3. The fourth-order valence-electron chi connectivity index (χ4n) is 4.24. The molecule has 1 unspecified atom stereocenters. The zero-order valence-electron chi connectivity index (χ0n) is 18.8. The van der Waals surface area contributed by atoms with Gasteiger partial charge in [-0.3, -0.25) is 20.3 Å². The number of hydrogen-bond acceptors (Lipinski definition) is 6. The van der Waals surface area contributed by atoms with Crippen molar-refractivity contribution in [3.63, 3.8) is 0 Å². The van der Waals surface area contributed by atoms with E-state index in [-0.39, 0.29) is 11.6 Å². The van der Waals surface area contributed by atoms with Gasteiger partial charge in [0.05, 0.1) is 21.9 Å². The molecule has 1 fully saturated rings. The third-order valence-corrected chi connectivity index (χ3v) is 6.04. The number of aryl methyl sites for hydroxylation is 1. The lowest BCUT2D eigenvalue weighted by atomic mass is 9.97. The highest BCUT2D eigenvalue weighted by molar-refractivity contribution is 6.01. The second-order valence-corrected chi connectivity index (χ2v) is 8.33. The number of non-ortho nitro benzene ring substituents is 1. The van der Waals surface area contributed by atoms with Gasteiger partial charge in [-0.1, -0.05) is 55.8 Å². The van der Waals surface area contributed by atoms with Crippen LogP contribution in [0.4, 0.5) is 5.69 Å². The van der Waals surface area contributed by atoms with Gasteiger partial charge in [0.1, 0.15) is 0 Å². The molecule has 4 rings (SSSR count). The summed E-state index contributed by atoms with van der Waals surface area (Å²) in [6.45, 7) is 5.53. The first-order chi connectivity index (χ1) is 16.0. The first kappa shape index (κ1) is 22.5. The number of benzene rings is 2. The Morgan fingerprint density at radius 3 is 2.64 bits per heavy atom. The summed E-state index contributed by atoms with van der Waals surface area (Å²) in [5.74, 6) is 0.716. The van der Waals surface area contributed by atoms with E-state index in [1.165, 1.54) is 12.1 Å². The van der Waals surface area contributed by atoms with E-state index in [1.807, 2.05) is 35.3 Å². The fourth-order valence-corrected chi connectivity index (χ4v) is 4.24. The second-order valence-electron chi connectivity index (χ2n) is 8.33. The molecule has 3 aromatic rings. The number of rotatable bonds is 6. The van der Waals surface area contributed by atoms with E-state index in [1.54, 1.807) is 19.1 Å². The number of nitrogens with zero attached hydrogens (tertiary/aromatic N) is 4. The van der Waals surface area contributed by atoms with Crippen molar-refractivity contribution in [1.82, 2.24) is 20.4 Å². The van der Waals surface area contributed by atoms with Gasteiger partial charge in [0.15, 0.2) is 5.82 Å². The lowest BCUT2D eigenvalue weighted by molar-refractivity contribution is -0.384. The van der Waals surface area contributed by atoms with Crippen molar-refractivity contribution in [2.24, 2.45) is 5.92 Å². The minimum Gasteiger partial charge on any atom is -0.285 e. The monoisotopic (exact) mass is 445 g/mol. The Kier molecular flexibility index (Phi) is 6.74. The molecule has 2 aromatic carbocycles. The minimum absolute atomic E-state index is 0.0572. The summed E-state index contributed by atoms with van der Waals surface area (Å²) in [6, 6.07) is 15.7. The van der Waals surface area contributed by atoms with Gasteiger partial charge >= 0.3 is 0 Å². The Bertz CT molecular complexity index is 1170. The van der Waals surface area contributed by atoms with Crippen LogP contribution >= 0.6 is 0 Å². The molecule has 0 radical (unpaired) electrons.